The van der Waals surface area contributed by atoms with Gasteiger partial charge in [0.1, 0.15) is 5.01 Å². The number of hydrogen-bond donors (Lipinski definition) is 1. The van der Waals surface area contributed by atoms with Crippen molar-refractivity contribution in [2.24, 2.45) is 5.92 Å². The molecule has 0 spiro atoms. The number of carbonyl (C=O) groups is 1. The van der Waals surface area contributed by atoms with Crippen molar-refractivity contribution in [2.45, 2.75) is 32.2 Å². The maximum absolute atomic E-state index is 12.0. The topological polar surface area (TPSA) is 42.0 Å². The predicted molar refractivity (Wildman–Crippen MR) is 78.5 cm³/mol. The highest BCUT2D eigenvalue weighted by Gasteiger charge is 2.31. The number of carbonyl (C=O) groups excluding carboxylic acids is 1. The van der Waals surface area contributed by atoms with Gasteiger partial charge < -0.3 is 5.32 Å². The van der Waals surface area contributed by atoms with Crippen LogP contribution in [0, 0.1) is 12.8 Å². The molecule has 1 fully saturated rings. The third-order valence-electron chi connectivity index (χ3n) is 3.18. The molecule has 0 bridgehead atoms. The first-order valence-electron chi connectivity index (χ1n) is 6.47. The molecular formula is C14H16N2OS2. The molecule has 0 aliphatic heterocycles. The van der Waals surface area contributed by atoms with Gasteiger partial charge in [-0.3, -0.25) is 4.79 Å². The lowest BCUT2D eigenvalue weighted by atomic mass is 10.2. The van der Waals surface area contributed by atoms with E-state index >= 15 is 0 Å². The van der Waals surface area contributed by atoms with Gasteiger partial charge in [0.2, 0.25) is 5.91 Å². The fourth-order valence-corrected chi connectivity index (χ4v) is 3.60. The fraction of sp³-hybridized carbons (Fsp3) is 0.429. The van der Waals surface area contributed by atoms with Gasteiger partial charge in [-0.05, 0) is 31.2 Å². The van der Waals surface area contributed by atoms with Crippen LogP contribution in [0.15, 0.2) is 22.9 Å². The lowest BCUT2D eigenvalue weighted by molar-refractivity contribution is -0.123. The Morgan fingerprint density at radius 1 is 1.53 bits per heavy atom. The molecule has 1 atom stereocenters. The maximum Gasteiger partial charge on any atom is 0.223 e. The highest BCUT2D eigenvalue weighted by molar-refractivity contribution is 7.10. The van der Waals surface area contributed by atoms with Gasteiger partial charge in [-0.15, -0.1) is 22.7 Å². The fourth-order valence-electron chi connectivity index (χ4n) is 2.00. The van der Waals surface area contributed by atoms with Crippen LogP contribution in [0.25, 0.3) is 0 Å². The Morgan fingerprint density at radius 3 is 2.95 bits per heavy atom. The minimum Gasteiger partial charge on any atom is -0.346 e. The Balaban J connectivity index is 1.75. The average molecular weight is 292 g/mol. The van der Waals surface area contributed by atoms with E-state index in [0.29, 0.717) is 0 Å². The number of amides is 1. The zero-order valence-electron chi connectivity index (χ0n) is 10.8. The summed E-state index contributed by atoms with van der Waals surface area (Å²) < 4.78 is 0. The normalized spacial score (nSPS) is 16.3. The highest BCUT2D eigenvalue weighted by atomic mass is 32.1. The van der Waals surface area contributed by atoms with Gasteiger partial charge in [0.15, 0.2) is 0 Å². The molecule has 2 aromatic rings. The molecule has 1 saturated carbocycles. The second kappa shape index (κ2) is 5.43. The quantitative estimate of drug-likeness (QED) is 0.918. The summed E-state index contributed by atoms with van der Waals surface area (Å²) in [6.45, 7) is 1.99. The summed E-state index contributed by atoms with van der Waals surface area (Å²) in [4.78, 5) is 17.8. The first-order chi connectivity index (χ1) is 9.22. The van der Waals surface area contributed by atoms with Crippen molar-refractivity contribution in [3.8, 4) is 0 Å². The smallest absolute Gasteiger partial charge is 0.223 e. The van der Waals surface area contributed by atoms with Crippen LogP contribution >= 0.6 is 22.7 Å². The molecule has 3 nitrogen and oxygen atoms in total. The average Bonchev–Trinajstić information content (AvgIpc) is 2.96. The molecule has 2 heterocycles. The molecule has 100 valence electrons. The van der Waals surface area contributed by atoms with Crippen LogP contribution < -0.4 is 5.32 Å². The number of thiazole rings is 1. The molecule has 5 heteroatoms. The molecule has 1 aliphatic carbocycles. The summed E-state index contributed by atoms with van der Waals surface area (Å²) in [6.07, 6.45) is 2.91. The number of aromatic nitrogens is 1. The third kappa shape index (κ3) is 3.22. The SMILES string of the molecule is Cc1csc(C(Cc2cccs2)NC(=O)C2CC2)n1. The molecular weight excluding hydrogens is 276 g/mol. The Kier molecular flexibility index (Phi) is 3.66. The summed E-state index contributed by atoms with van der Waals surface area (Å²) in [6, 6.07) is 4.18. The van der Waals surface area contributed by atoms with Crippen molar-refractivity contribution in [2.75, 3.05) is 0 Å². The van der Waals surface area contributed by atoms with E-state index in [9.17, 15) is 4.79 Å². The molecule has 1 N–H and O–H groups in total. The van der Waals surface area contributed by atoms with Crippen molar-refractivity contribution in [1.82, 2.24) is 10.3 Å². The number of aryl methyl sites for hydroxylation is 1. The van der Waals surface area contributed by atoms with E-state index in [0.717, 1.165) is 30.0 Å². The van der Waals surface area contributed by atoms with Gasteiger partial charge in [0.25, 0.3) is 0 Å². The molecule has 2 aromatic heterocycles. The van der Waals surface area contributed by atoms with Crippen molar-refractivity contribution in [3.05, 3.63) is 38.5 Å². The van der Waals surface area contributed by atoms with Gasteiger partial charge in [-0.1, -0.05) is 6.07 Å². The first-order valence-corrected chi connectivity index (χ1v) is 8.23. The largest absolute Gasteiger partial charge is 0.346 e. The van der Waals surface area contributed by atoms with Crippen LogP contribution in [0.3, 0.4) is 0 Å². The van der Waals surface area contributed by atoms with E-state index in [1.807, 2.05) is 18.4 Å². The van der Waals surface area contributed by atoms with Crippen LogP contribution in [-0.4, -0.2) is 10.9 Å². The Hall–Kier alpha value is -1.20. The van der Waals surface area contributed by atoms with Crippen LogP contribution in [0.5, 0.6) is 0 Å². The van der Waals surface area contributed by atoms with E-state index in [4.69, 9.17) is 0 Å². The highest BCUT2D eigenvalue weighted by Crippen LogP contribution is 2.31. The number of thiophene rings is 1. The van der Waals surface area contributed by atoms with E-state index in [1.54, 1.807) is 22.7 Å². The standard InChI is InChI=1S/C14H16N2OS2/c1-9-8-19-14(15-9)12(7-11-3-2-6-18-11)16-13(17)10-4-5-10/h2-3,6,8,10,12H,4-5,7H2,1H3,(H,16,17). The zero-order chi connectivity index (χ0) is 13.2. The van der Waals surface area contributed by atoms with Crippen LogP contribution in [0.2, 0.25) is 0 Å². The number of rotatable bonds is 5. The monoisotopic (exact) mass is 292 g/mol. The molecule has 1 aliphatic rings. The van der Waals surface area contributed by atoms with E-state index in [1.165, 1.54) is 4.88 Å². The zero-order valence-corrected chi connectivity index (χ0v) is 12.4. The molecule has 0 aromatic carbocycles. The Bertz CT molecular complexity index is 558. The van der Waals surface area contributed by atoms with E-state index < -0.39 is 0 Å². The van der Waals surface area contributed by atoms with E-state index in [2.05, 4.69) is 21.7 Å². The molecule has 3 rings (SSSR count). The number of nitrogens with zero attached hydrogens (tertiary/aromatic N) is 1. The van der Waals surface area contributed by atoms with Crippen LogP contribution in [0.1, 0.15) is 34.5 Å². The predicted octanol–water partition coefficient (Wildman–Crippen LogP) is 3.32. The molecule has 1 unspecified atom stereocenters. The van der Waals surface area contributed by atoms with Gasteiger partial charge in [0.05, 0.1) is 6.04 Å². The lowest BCUT2D eigenvalue weighted by Crippen LogP contribution is -2.30. The van der Waals surface area contributed by atoms with Gasteiger partial charge in [-0.25, -0.2) is 4.98 Å². The Labute approximate surface area is 120 Å². The first kappa shape index (κ1) is 12.8. The van der Waals surface area contributed by atoms with Gasteiger partial charge in [-0.2, -0.15) is 0 Å². The van der Waals surface area contributed by atoms with E-state index in [-0.39, 0.29) is 17.9 Å². The summed E-state index contributed by atoms with van der Waals surface area (Å²) >= 11 is 3.36. The van der Waals surface area contributed by atoms with Crippen molar-refractivity contribution >= 4 is 28.6 Å². The molecule has 0 saturated heterocycles. The van der Waals surface area contributed by atoms with Crippen LogP contribution in [-0.2, 0) is 11.2 Å². The van der Waals surface area contributed by atoms with Crippen molar-refractivity contribution in [1.29, 1.82) is 0 Å². The summed E-state index contributed by atoms with van der Waals surface area (Å²) in [5, 5.41) is 8.29. The van der Waals surface area contributed by atoms with Gasteiger partial charge in [0, 0.05) is 28.3 Å². The summed E-state index contributed by atoms with van der Waals surface area (Å²) in [5.74, 6) is 0.432. The number of nitrogens with one attached hydrogen (secondary N) is 1. The summed E-state index contributed by atoms with van der Waals surface area (Å²) in [5.41, 5.74) is 1.02. The minimum atomic E-state index is 0.0189. The maximum atomic E-state index is 12.0. The molecule has 0 radical (unpaired) electrons. The molecule has 1 amide bonds. The lowest BCUT2D eigenvalue weighted by Gasteiger charge is -2.15. The summed E-state index contributed by atoms with van der Waals surface area (Å²) in [7, 11) is 0. The third-order valence-corrected chi connectivity index (χ3v) is 5.16. The number of hydrogen-bond acceptors (Lipinski definition) is 4. The van der Waals surface area contributed by atoms with Gasteiger partial charge >= 0.3 is 0 Å². The van der Waals surface area contributed by atoms with Crippen molar-refractivity contribution in [3.63, 3.8) is 0 Å². The minimum absolute atomic E-state index is 0.0189. The van der Waals surface area contributed by atoms with Crippen LogP contribution in [0.4, 0.5) is 0 Å². The Morgan fingerprint density at radius 2 is 2.37 bits per heavy atom. The van der Waals surface area contributed by atoms with Crippen molar-refractivity contribution < 1.29 is 4.79 Å². The second-order valence-corrected chi connectivity index (χ2v) is 6.87. The second-order valence-electron chi connectivity index (χ2n) is 4.95. The molecule has 19 heavy (non-hydrogen) atoms.